The lowest BCUT2D eigenvalue weighted by molar-refractivity contribution is -0.137. The molecule has 1 saturated carbocycles. The number of fused-ring (bicyclic) bond motifs is 1. The number of carbonyl (C=O) groups is 2. The van der Waals surface area contributed by atoms with E-state index in [1.54, 1.807) is 4.90 Å². The summed E-state index contributed by atoms with van der Waals surface area (Å²) in [5.41, 5.74) is -0.0571. The van der Waals surface area contributed by atoms with E-state index in [1.807, 2.05) is 4.90 Å². The van der Waals surface area contributed by atoms with Gasteiger partial charge in [-0.3, -0.25) is 9.59 Å². The van der Waals surface area contributed by atoms with Crippen molar-refractivity contribution in [1.82, 2.24) is 19.2 Å². The zero-order valence-corrected chi connectivity index (χ0v) is 15.6. The van der Waals surface area contributed by atoms with Gasteiger partial charge in [0.15, 0.2) is 0 Å². The topological polar surface area (TPSA) is 78.4 Å². The number of nitrogens with zero attached hydrogens (tertiary/aromatic N) is 4. The van der Waals surface area contributed by atoms with Crippen LogP contribution in [0.2, 0.25) is 0 Å². The molecule has 2 atom stereocenters. The molecule has 1 aromatic heterocycles. The zero-order valence-electron chi connectivity index (χ0n) is 14.8. The van der Waals surface area contributed by atoms with Crippen molar-refractivity contribution in [3.05, 3.63) is 5.82 Å². The van der Waals surface area contributed by atoms with E-state index in [0.29, 0.717) is 31.3 Å². The Labute approximate surface area is 152 Å². The van der Waals surface area contributed by atoms with E-state index in [0.717, 1.165) is 36.8 Å². The van der Waals surface area contributed by atoms with Crippen LogP contribution < -0.4 is 5.32 Å². The molecule has 2 amide bonds. The first-order valence-corrected chi connectivity index (χ1v) is 9.91. The van der Waals surface area contributed by atoms with Gasteiger partial charge in [0, 0.05) is 49.4 Å². The largest absolute Gasteiger partial charge is 0.353 e. The van der Waals surface area contributed by atoms with E-state index in [1.165, 1.54) is 11.5 Å². The van der Waals surface area contributed by atoms with E-state index in [9.17, 15) is 9.59 Å². The number of aromatic nitrogens is 2. The highest BCUT2D eigenvalue weighted by molar-refractivity contribution is 7.09. The van der Waals surface area contributed by atoms with Crippen LogP contribution >= 0.6 is 11.5 Å². The van der Waals surface area contributed by atoms with Gasteiger partial charge in [-0.1, -0.05) is 13.8 Å². The van der Waals surface area contributed by atoms with Gasteiger partial charge >= 0.3 is 0 Å². The fraction of sp³-hybridized carbons (Fsp3) is 0.765. The predicted molar refractivity (Wildman–Crippen MR) is 95.5 cm³/mol. The van der Waals surface area contributed by atoms with E-state index in [4.69, 9.17) is 0 Å². The summed E-state index contributed by atoms with van der Waals surface area (Å²) in [6.45, 7) is 6.61. The number of likely N-dealkylation sites (tertiary alicyclic amines) is 2. The number of carbonyl (C=O) groups excluding carboxylic acids is 2. The molecule has 3 aliphatic rings. The average molecular weight is 363 g/mol. The second-order valence-corrected chi connectivity index (χ2v) is 8.57. The van der Waals surface area contributed by atoms with Crippen molar-refractivity contribution < 1.29 is 9.59 Å². The molecule has 1 N–H and O–H groups in total. The summed E-state index contributed by atoms with van der Waals surface area (Å²) < 4.78 is 4.41. The number of anilines is 1. The molecule has 2 unspecified atom stereocenters. The van der Waals surface area contributed by atoms with Crippen LogP contribution in [0.1, 0.15) is 51.3 Å². The Morgan fingerprint density at radius 3 is 2.92 bits per heavy atom. The monoisotopic (exact) mass is 363 g/mol. The molecule has 7 nitrogen and oxygen atoms in total. The van der Waals surface area contributed by atoms with Crippen LogP contribution in [0.25, 0.3) is 0 Å². The summed E-state index contributed by atoms with van der Waals surface area (Å²) in [5, 5.41) is 4.45. The number of hydrogen-bond donors (Lipinski definition) is 1. The number of hydrogen-bond acceptors (Lipinski definition) is 6. The molecule has 0 bridgehead atoms. The Morgan fingerprint density at radius 2 is 2.32 bits per heavy atom. The van der Waals surface area contributed by atoms with Crippen LogP contribution in [-0.4, -0.2) is 62.7 Å². The predicted octanol–water partition coefficient (Wildman–Crippen LogP) is 1.69. The third kappa shape index (κ3) is 3.01. The second-order valence-electron chi connectivity index (χ2n) is 7.82. The first kappa shape index (κ1) is 16.8. The fourth-order valence-corrected chi connectivity index (χ4v) is 4.92. The van der Waals surface area contributed by atoms with Gasteiger partial charge < -0.3 is 15.1 Å². The molecular formula is C17H25N5O2S. The van der Waals surface area contributed by atoms with E-state index < -0.39 is 0 Å². The molecule has 2 saturated heterocycles. The molecule has 136 valence electrons. The van der Waals surface area contributed by atoms with Gasteiger partial charge in [0.25, 0.3) is 0 Å². The third-order valence-corrected chi connectivity index (χ3v) is 6.44. The molecule has 3 heterocycles. The van der Waals surface area contributed by atoms with Crippen LogP contribution in [-0.2, 0) is 9.59 Å². The Kier molecular flexibility index (Phi) is 4.17. The van der Waals surface area contributed by atoms with Crippen molar-refractivity contribution in [1.29, 1.82) is 0 Å². The molecule has 1 aliphatic carbocycles. The maximum Gasteiger partial charge on any atom is 0.242 e. The average Bonchev–Trinajstić information content (AvgIpc) is 3.23. The van der Waals surface area contributed by atoms with Crippen LogP contribution in [0.15, 0.2) is 0 Å². The van der Waals surface area contributed by atoms with Crippen molar-refractivity contribution >= 4 is 28.5 Å². The van der Waals surface area contributed by atoms with Gasteiger partial charge in [-0.25, -0.2) is 4.98 Å². The SMILES string of the molecule is CC(C)c1nsc(NC23CCC2CN(C(=O)CN2CCCC2=O)C3)n1. The van der Waals surface area contributed by atoms with Crippen molar-refractivity contribution in [2.24, 2.45) is 5.92 Å². The quantitative estimate of drug-likeness (QED) is 0.861. The molecule has 4 rings (SSSR count). The van der Waals surface area contributed by atoms with Crippen LogP contribution in [0.5, 0.6) is 0 Å². The maximum absolute atomic E-state index is 12.6. The molecule has 0 aromatic carbocycles. The lowest BCUT2D eigenvalue weighted by atomic mass is 9.69. The van der Waals surface area contributed by atoms with Crippen LogP contribution in [0, 0.1) is 5.92 Å². The van der Waals surface area contributed by atoms with Gasteiger partial charge in [0.2, 0.25) is 16.9 Å². The Balaban J connectivity index is 1.40. The molecule has 8 heteroatoms. The van der Waals surface area contributed by atoms with Gasteiger partial charge in [0.05, 0.1) is 12.1 Å². The highest BCUT2D eigenvalue weighted by Gasteiger charge is 2.54. The fourth-order valence-electron chi connectivity index (χ4n) is 4.10. The Hall–Kier alpha value is -1.70. The molecule has 1 aromatic rings. The van der Waals surface area contributed by atoms with E-state index >= 15 is 0 Å². The first-order valence-electron chi connectivity index (χ1n) is 9.14. The minimum atomic E-state index is -0.0571. The maximum atomic E-state index is 12.6. The van der Waals surface area contributed by atoms with Gasteiger partial charge in [-0.15, -0.1) is 0 Å². The standard InChI is InChI=1S/C17H25N5O2S/c1-11(2)15-18-16(25-20-15)19-17-6-5-12(17)8-22(10-17)14(24)9-21-7-3-4-13(21)23/h11-12H,3-10H2,1-2H3,(H,18,19,20). The summed E-state index contributed by atoms with van der Waals surface area (Å²) in [6, 6.07) is 0. The van der Waals surface area contributed by atoms with Crippen molar-refractivity contribution in [3.63, 3.8) is 0 Å². The van der Waals surface area contributed by atoms with Gasteiger partial charge in [-0.2, -0.15) is 4.37 Å². The Bertz CT molecular complexity index is 690. The van der Waals surface area contributed by atoms with Crippen LogP contribution in [0.4, 0.5) is 5.13 Å². The van der Waals surface area contributed by atoms with Gasteiger partial charge in [0.1, 0.15) is 5.82 Å². The Morgan fingerprint density at radius 1 is 1.48 bits per heavy atom. The van der Waals surface area contributed by atoms with Crippen LogP contribution in [0.3, 0.4) is 0 Å². The zero-order chi connectivity index (χ0) is 17.6. The summed E-state index contributed by atoms with van der Waals surface area (Å²) in [6.07, 6.45) is 3.64. The summed E-state index contributed by atoms with van der Waals surface area (Å²) in [4.78, 5) is 32.6. The lowest BCUT2D eigenvalue weighted by Gasteiger charge is -2.44. The van der Waals surface area contributed by atoms with E-state index in [-0.39, 0.29) is 23.9 Å². The van der Waals surface area contributed by atoms with Crippen molar-refractivity contribution in [2.45, 2.75) is 51.0 Å². The van der Waals surface area contributed by atoms with Crippen molar-refractivity contribution in [2.75, 3.05) is 31.5 Å². The molecular weight excluding hydrogens is 338 g/mol. The highest BCUT2D eigenvalue weighted by atomic mass is 32.1. The summed E-state index contributed by atoms with van der Waals surface area (Å²) in [7, 11) is 0. The molecule has 25 heavy (non-hydrogen) atoms. The second kappa shape index (κ2) is 6.23. The smallest absolute Gasteiger partial charge is 0.242 e. The first-order chi connectivity index (χ1) is 12.0. The number of rotatable bonds is 5. The van der Waals surface area contributed by atoms with Gasteiger partial charge in [-0.05, 0) is 19.3 Å². The molecule has 3 fully saturated rings. The highest BCUT2D eigenvalue weighted by Crippen LogP contribution is 2.47. The number of nitrogens with one attached hydrogen (secondary N) is 1. The summed E-state index contributed by atoms with van der Waals surface area (Å²) in [5.74, 6) is 1.85. The third-order valence-electron chi connectivity index (χ3n) is 5.80. The summed E-state index contributed by atoms with van der Waals surface area (Å²) >= 11 is 1.41. The molecule has 0 spiro atoms. The number of amides is 2. The lowest BCUT2D eigenvalue weighted by Crippen LogP contribution is -2.53. The van der Waals surface area contributed by atoms with Crippen molar-refractivity contribution in [3.8, 4) is 0 Å². The normalized spacial score (nSPS) is 28.4. The minimum absolute atomic E-state index is 0.0571. The van der Waals surface area contributed by atoms with E-state index in [2.05, 4.69) is 28.5 Å². The molecule has 2 aliphatic heterocycles. The molecule has 0 radical (unpaired) electrons. The minimum Gasteiger partial charge on any atom is -0.353 e.